The quantitative estimate of drug-likeness (QED) is 0.856. The minimum absolute atomic E-state index is 0.0778. The van der Waals surface area contributed by atoms with Crippen LogP contribution in [0.1, 0.15) is 15.9 Å². The number of aromatic nitrogens is 1. The van der Waals surface area contributed by atoms with Gasteiger partial charge in [0.15, 0.2) is 0 Å². The number of carbonyl (C=O) groups is 1. The molecule has 2 N–H and O–H groups in total. The van der Waals surface area contributed by atoms with Gasteiger partial charge in [-0.2, -0.15) is 0 Å². The molecule has 0 bridgehead atoms. The Morgan fingerprint density at radius 2 is 2.27 bits per heavy atom. The molecule has 1 amide bonds. The summed E-state index contributed by atoms with van der Waals surface area (Å²) in [5, 5.41) is 13.1. The van der Waals surface area contributed by atoms with Crippen LogP contribution in [0.15, 0.2) is 42.7 Å². The Labute approximate surface area is 133 Å². The fraction of sp³-hybridized carbons (Fsp3) is 0.250. The Balaban J connectivity index is 1.77. The summed E-state index contributed by atoms with van der Waals surface area (Å²) in [4.78, 5) is 15.7. The van der Waals surface area contributed by atoms with Crippen LogP contribution < -0.4 is 10.1 Å². The number of aryl methyl sites for hydroxylation is 1. The predicted octanol–water partition coefficient (Wildman–Crippen LogP) is 2.21. The zero-order valence-electron chi connectivity index (χ0n) is 12.1. The molecule has 2 rings (SSSR count). The van der Waals surface area contributed by atoms with Crippen LogP contribution in [0.5, 0.6) is 5.75 Å². The molecule has 1 atom stereocenters. The summed E-state index contributed by atoms with van der Waals surface area (Å²) in [7, 11) is 0. The number of rotatable bonds is 6. The second kappa shape index (κ2) is 7.77. The first-order valence-corrected chi connectivity index (χ1v) is 7.19. The average Bonchev–Trinajstić information content (AvgIpc) is 2.54. The molecule has 0 aliphatic carbocycles. The monoisotopic (exact) mass is 320 g/mol. The molecule has 6 heteroatoms. The second-order valence-electron chi connectivity index (χ2n) is 4.83. The van der Waals surface area contributed by atoms with Crippen molar-refractivity contribution in [1.82, 2.24) is 10.3 Å². The van der Waals surface area contributed by atoms with Crippen molar-refractivity contribution in [3.8, 4) is 5.75 Å². The lowest BCUT2D eigenvalue weighted by Gasteiger charge is -2.14. The third-order valence-electron chi connectivity index (χ3n) is 2.99. The van der Waals surface area contributed by atoms with Crippen molar-refractivity contribution in [1.29, 1.82) is 0 Å². The number of aliphatic hydroxyl groups excluding tert-OH is 1. The largest absolute Gasteiger partial charge is 0.491 e. The van der Waals surface area contributed by atoms with Gasteiger partial charge in [0.05, 0.1) is 5.56 Å². The van der Waals surface area contributed by atoms with Crippen molar-refractivity contribution < 1.29 is 14.6 Å². The average molecular weight is 321 g/mol. The number of benzene rings is 1. The van der Waals surface area contributed by atoms with Gasteiger partial charge in [-0.05, 0) is 42.8 Å². The van der Waals surface area contributed by atoms with Gasteiger partial charge in [0.1, 0.15) is 18.5 Å². The molecule has 0 aliphatic rings. The number of ether oxygens (including phenoxy) is 1. The van der Waals surface area contributed by atoms with Crippen LogP contribution in [0.2, 0.25) is 5.02 Å². The second-order valence-corrected chi connectivity index (χ2v) is 5.23. The molecule has 5 nitrogen and oxygen atoms in total. The van der Waals surface area contributed by atoms with E-state index in [0.717, 1.165) is 5.56 Å². The van der Waals surface area contributed by atoms with Crippen molar-refractivity contribution in [2.24, 2.45) is 0 Å². The highest BCUT2D eigenvalue weighted by atomic mass is 35.5. The normalized spacial score (nSPS) is 11.8. The van der Waals surface area contributed by atoms with E-state index in [1.54, 1.807) is 36.5 Å². The fourth-order valence-electron chi connectivity index (χ4n) is 1.77. The van der Waals surface area contributed by atoms with Crippen LogP contribution in [0, 0.1) is 6.92 Å². The first-order valence-electron chi connectivity index (χ1n) is 6.81. The zero-order valence-corrected chi connectivity index (χ0v) is 12.9. The molecule has 0 aliphatic heterocycles. The summed E-state index contributed by atoms with van der Waals surface area (Å²) < 4.78 is 5.47. The Bertz CT molecular complexity index is 635. The van der Waals surface area contributed by atoms with Crippen LogP contribution in [0.25, 0.3) is 0 Å². The first-order chi connectivity index (χ1) is 10.6. The molecule has 2 aromatic rings. The Morgan fingerprint density at radius 1 is 1.45 bits per heavy atom. The maximum atomic E-state index is 11.8. The van der Waals surface area contributed by atoms with Crippen LogP contribution in [0.4, 0.5) is 0 Å². The number of pyridine rings is 1. The molecule has 0 radical (unpaired) electrons. The van der Waals surface area contributed by atoms with Gasteiger partial charge < -0.3 is 15.2 Å². The van der Waals surface area contributed by atoms with E-state index < -0.39 is 6.10 Å². The maximum absolute atomic E-state index is 11.8. The van der Waals surface area contributed by atoms with E-state index in [-0.39, 0.29) is 19.1 Å². The van der Waals surface area contributed by atoms with Gasteiger partial charge in [-0.1, -0.05) is 11.6 Å². The predicted molar refractivity (Wildman–Crippen MR) is 84.3 cm³/mol. The lowest BCUT2D eigenvalue weighted by molar-refractivity contribution is 0.0843. The molecule has 0 fully saturated rings. The Morgan fingerprint density at radius 3 is 2.95 bits per heavy atom. The number of hydrogen-bond donors (Lipinski definition) is 2. The van der Waals surface area contributed by atoms with Crippen LogP contribution >= 0.6 is 11.6 Å². The van der Waals surface area contributed by atoms with Crippen molar-refractivity contribution in [3.05, 3.63) is 58.9 Å². The van der Waals surface area contributed by atoms with Crippen molar-refractivity contribution in [2.75, 3.05) is 13.2 Å². The van der Waals surface area contributed by atoms with Gasteiger partial charge in [0.25, 0.3) is 5.91 Å². The molecular weight excluding hydrogens is 304 g/mol. The number of halogens is 1. The summed E-state index contributed by atoms with van der Waals surface area (Å²) in [6, 6.07) is 8.60. The van der Waals surface area contributed by atoms with E-state index >= 15 is 0 Å². The van der Waals surface area contributed by atoms with E-state index in [1.807, 2.05) is 6.92 Å². The topological polar surface area (TPSA) is 71.5 Å². The summed E-state index contributed by atoms with van der Waals surface area (Å²) in [5.41, 5.74) is 1.35. The van der Waals surface area contributed by atoms with Crippen molar-refractivity contribution in [2.45, 2.75) is 13.0 Å². The van der Waals surface area contributed by atoms with E-state index in [1.165, 1.54) is 6.20 Å². The standard InChI is InChI=1S/C16H17ClN2O3/c1-11-7-14(4-5-15(11)17)22-10-13(20)9-19-16(21)12-3-2-6-18-8-12/h2-8,13,20H,9-10H2,1H3,(H,19,21)/t13-/m0/s1. The van der Waals surface area contributed by atoms with E-state index in [4.69, 9.17) is 16.3 Å². The fourth-order valence-corrected chi connectivity index (χ4v) is 1.89. The van der Waals surface area contributed by atoms with Gasteiger partial charge in [-0.3, -0.25) is 9.78 Å². The van der Waals surface area contributed by atoms with E-state index in [2.05, 4.69) is 10.3 Å². The number of hydrogen-bond acceptors (Lipinski definition) is 4. The third kappa shape index (κ3) is 4.72. The van der Waals surface area contributed by atoms with Crippen LogP contribution in [0.3, 0.4) is 0 Å². The molecule has 1 aromatic carbocycles. The molecular formula is C16H17ClN2O3. The van der Waals surface area contributed by atoms with Gasteiger partial charge >= 0.3 is 0 Å². The number of carbonyl (C=O) groups excluding carboxylic acids is 1. The van der Waals surface area contributed by atoms with Gasteiger partial charge in [0.2, 0.25) is 0 Å². The molecule has 1 heterocycles. The molecule has 116 valence electrons. The van der Waals surface area contributed by atoms with Crippen LogP contribution in [-0.2, 0) is 0 Å². The smallest absolute Gasteiger partial charge is 0.252 e. The first kappa shape index (κ1) is 16.3. The number of aliphatic hydroxyl groups is 1. The number of nitrogens with zero attached hydrogens (tertiary/aromatic N) is 1. The molecule has 22 heavy (non-hydrogen) atoms. The highest BCUT2D eigenvalue weighted by Gasteiger charge is 2.10. The molecule has 0 saturated heterocycles. The summed E-state index contributed by atoms with van der Waals surface area (Å²) in [6.45, 7) is 2.05. The van der Waals surface area contributed by atoms with Gasteiger partial charge in [-0.25, -0.2) is 0 Å². The maximum Gasteiger partial charge on any atom is 0.252 e. The van der Waals surface area contributed by atoms with E-state index in [9.17, 15) is 9.90 Å². The zero-order chi connectivity index (χ0) is 15.9. The minimum atomic E-state index is -0.809. The summed E-state index contributed by atoms with van der Waals surface area (Å²) in [5.74, 6) is 0.342. The van der Waals surface area contributed by atoms with E-state index in [0.29, 0.717) is 16.3 Å². The number of nitrogens with one attached hydrogen (secondary N) is 1. The van der Waals surface area contributed by atoms with Gasteiger partial charge in [-0.15, -0.1) is 0 Å². The third-order valence-corrected chi connectivity index (χ3v) is 3.42. The summed E-state index contributed by atoms with van der Waals surface area (Å²) >= 11 is 5.93. The van der Waals surface area contributed by atoms with Crippen molar-refractivity contribution in [3.63, 3.8) is 0 Å². The van der Waals surface area contributed by atoms with Crippen LogP contribution in [-0.4, -0.2) is 35.3 Å². The summed E-state index contributed by atoms with van der Waals surface area (Å²) in [6.07, 6.45) is 2.25. The minimum Gasteiger partial charge on any atom is -0.491 e. The SMILES string of the molecule is Cc1cc(OC[C@@H](O)CNC(=O)c2cccnc2)ccc1Cl. The number of amides is 1. The molecule has 1 aromatic heterocycles. The lowest BCUT2D eigenvalue weighted by Crippen LogP contribution is -2.35. The molecule has 0 spiro atoms. The Kier molecular flexibility index (Phi) is 5.75. The van der Waals surface area contributed by atoms with Gasteiger partial charge in [0, 0.05) is 24.0 Å². The van der Waals surface area contributed by atoms with Crippen molar-refractivity contribution >= 4 is 17.5 Å². The molecule has 0 saturated carbocycles. The lowest BCUT2D eigenvalue weighted by atomic mass is 10.2. The highest BCUT2D eigenvalue weighted by Crippen LogP contribution is 2.21. The Hall–Kier alpha value is -2.11. The molecule has 0 unspecified atom stereocenters. The highest BCUT2D eigenvalue weighted by molar-refractivity contribution is 6.31.